The Morgan fingerprint density at radius 1 is 1.06 bits per heavy atom. The second kappa shape index (κ2) is 11.3. The summed E-state index contributed by atoms with van der Waals surface area (Å²) in [6.07, 6.45) is -3.30. The molecule has 1 heterocycles. The normalized spacial score (nSPS) is 14.1. The Bertz CT molecular complexity index is 1060. The summed E-state index contributed by atoms with van der Waals surface area (Å²) in [5, 5.41) is 0. The van der Waals surface area contributed by atoms with Crippen molar-refractivity contribution >= 4 is 39.5 Å². The van der Waals surface area contributed by atoms with E-state index in [0.717, 1.165) is 23.6 Å². The number of nitrogens with zero attached hydrogens (tertiary/aromatic N) is 3. The van der Waals surface area contributed by atoms with Crippen molar-refractivity contribution < 1.29 is 27.6 Å². The minimum Gasteiger partial charge on any atom is -0.322 e. The quantitative estimate of drug-likeness (QED) is 0.570. The van der Waals surface area contributed by atoms with Gasteiger partial charge in [-0.2, -0.15) is 8.78 Å². The van der Waals surface area contributed by atoms with Gasteiger partial charge in [0.05, 0.1) is 6.54 Å². The highest BCUT2D eigenvalue weighted by Gasteiger charge is 2.26. The van der Waals surface area contributed by atoms with Gasteiger partial charge in [0.25, 0.3) is 5.91 Å². The summed E-state index contributed by atoms with van der Waals surface area (Å²) in [5.74, 6) is -3.41. The fraction of sp³-hybridized carbons (Fsp3) is 0.318. The van der Waals surface area contributed by atoms with Crippen molar-refractivity contribution in [1.29, 1.82) is 0 Å². The van der Waals surface area contributed by atoms with E-state index in [1.807, 2.05) is 13.1 Å². The van der Waals surface area contributed by atoms with Crippen molar-refractivity contribution in [3.63, 3.8) is 0 Å². The lowest BCUT2D eigenvalue weighted by Gasteiger charge is -2.36. The van der Waals surface area contributed by atoms with Gasteiger partial charge in [0.15, 0.2) is 0 Å². The van der Waals surface area contributed by atoms with Crippen LogP contribution in [0, 0.1) is 5.82 Å². The Morgan fingerprint density at radius 3 is 2.38 bits per heavy atom. The number of alkyl halides is 2. The highest BCUT2D eigenvalue weighted by molar-refractivity contribution is 9.10. The van der Waals surface area contributed by atoms with Crippen LogP contribution in [0.3, 0.4) is 0 Å². The first kappa shape index (κ1) is 25.5. The number of anilines is 1. The molecule has 0 spiro atoms. The Labute approximate surface area is 202 Å². The molecular weight excluding hydrogens is 519 g/mol. The predicted octanol–water partition coefficient (Wildman–Crippen LogP) is 2.99. The van der Waals surface area contributed by atoms with Gasteiger partial charge in [-0.25, -0.2) is 9.18 Å². The largest absolute Gasteiger partial charge is 0.324 e. The van der Waals surface area contributed by atoms with Crippen LogP contribution >= 0.6 is 15.9 Å². The number of nitrogens with one attached hydrogen (secondary N) is 2. The van der Waals surface area contributed by atoms with Crippen molar-refractivity contribution in [3.8, 4) is 0 Å². The highest BCUT2D eigenvalue weighted by atomic mass is 79.9. The molecule has 2 aromatic rings. The molecule has 0 radical (unpaired) electrons. The van der Waals surface area contributed by atoms with Gasteiger partial charge in [0.2, 0.25) is 0 Å². The third kappa shape index (κ3) is 6.48. The molecule has 34 heavy (non-hydrogen) atoms. The molecule has 0 unspecified atom stereocenters. The maximum Gasteiger partial charge on any atom is 0.324 e. The van der Waals surface area contributed by atoms with Gasteiger partial charge in [0.1, 0.15) is 5.82 Å². The first-order valence-corrected chi connectivity index (χ1v) is 11.1. The number of halogens is 4. The molecule has 12 heteroatoms. The van der Waals surface area contributed by atoms with Crippen LogP contribution in [0.25, 0.3) is 0 Å². The molecule has 1 fully saturated rings. The molecule has 1 saturated heterocycles. The molecule has 4 amide bonds. The number of hydrogen-bond acceptors (Lipinski definition) is 4. The topological polar surface area (TPSA) is 85.0 Å². The number of benzene rings is 2. The van der Waals surface area contributed by atoms with Crippen molar-refractivity contribution in [2.45, 2.75) is 13.0 Å². The van der Waals surface area contributed by atoms with Gasteiger partial charge < -0.3 is 9.80 Å². The lowest BCUT2D eigenvalue weighted by atomic mass is 10.1. The molecule has 0 aromatic heterocycles. The van der Waals surface area contributed by atoms with Crippen LogP contribution in [0.15, 0.2) is 46.9 Å². The van der Waals surface area contributed by atoms with Gasteiger partial charge in [-0.3, -0.25) is 25.3 Å². The second-order valence-electron chi connectivity index (χ2n) is 7.69. The Kier molecular flexibility index (Phi) is 8.51. The molecule has 2 aromatic carbocycles. The van der Waals surface area contributed by atoms with Gasteiger partial charge >= 0.3 is 18.4 Å². The van der Waals surface area contributed by atoms with Crippen LogP contribution in [-0.2, 0) is 11.3 Å². The summed E-state index contributed by atoms with van der Waals surface area (Å²) >= 11 is 3.39. The molecule has 1 aliphatic rings. The molecule has 1 aliphatic heterocycles. The van der Waals surface area contributed by atoms with Crippen LogP contribution in [0.2, 0.25) is 0 Å². The van der Waals surface area contributed by atoms with E-state index < -0.39 is 24.1 Å². The Morgan fingerprint density at radius 2 is 1.76 bits per heavy atom. The van der Waals surface area contributed by atoms with E-state index in [9.17, 15) is 27.6 Å². The van der Waals surface area contributed by atoms with Gasteiger partial charge in [0, 0.05) is 47.5 Å². The molecule has 0 bridgehead atoms. The number of likely N-dealkylation sites (N-methyl/N-ethyl adjacent to an activating group) is 1. The summed E-state index contributed by atoms with van der Waals surface area (Å²) in [6, 6.07) is 10.3. The average molecular weight is 542 g/mol. The predicted molar refractivity (Wildman–Crippen MR) is 123 cm³/mol. The fourth-order valence-electron chi connectivity index (χ4n) is 3.31. The zero-order valence-corrected chi connectivity index (χ0v) is 19.8. The summed E-state index contributed by atoms with van der Waals surface area (Å²) in [7, 11) is 1.97. The number of hydrogen-bond donors (Lipinski definition) is 2. The minimum absolute atomic E-state index is 0.0997. The first-order valence-electron chi connectivity index (χ1n) is 10.3. The van der Waals surface area contributed by atoms with E-state index >= 15 is 0 Å². The van der Waals surface area contributed by atoms with Gasteiger partial charge in [-0.15, -0.1) is 0 Å². The van der Waals surface area contributed by atoms with Crippen LogP contribution in [-0.4, -0.2) is 67.3 Å². The SMILES string of the molecule is CN1CCN(C(=O)N(Cc2ccc(C(=O)NNC(=O)C(F)F)cc2F)c2cccc(Br)c2)CC1. The maximum absolute atomic E-state index is 14.9. The van der Waals surface area contributed by atoms with Crippen LogP contribution in [0.4, 0.5) is 23.7 Å². The molecule has 0 saturated carbocycles. The van der Waals surface area contributed by atoms with Crippen molar-refractivity contribution in [3.05, 3.63) is 63.9 Å². The van der Waals surface area contributed by atoms with Crippen molar-refractivity contribution in [2.75, 3.05) is 38.1 Å². The van der Waals surface area contributed by atoms with E-state index in [1.54, 1.807) is 34.0 Å². The van der Waals surface area contributed by atoms with Gasteiger partial charge in [-0.05, 0) is 37.4 Å². The van der Waals surface area contributed by atoms with Crippen LogP contribution in [0.5, 0.6) is 0 Å². The standard InChI is InChI=1S/C22H23BrF3N5O3/c1-29-7-9-30(10-8-29)22(34)31(17-4-2-3-16(23)12-17)13-15-6-5-14(11-18(15)24)20(32)27-28-21(33)19(25)26/h2-6,11-12,19H,7-10,13H2,1H3,(H,27,32)(H,28,33). The lowest BCUT2D eigenvalue weighted by molar-refractivity contribution is -0.132. The van der Waals surface area contributed by atoms with E-state index in [4.69, 9.17) is 0 Å². The van der Waals surface area contributed by atoms with E-state index in [-0.39, 0.29) is 23.7 Å². The highest BCUT2D eigenvalue weighted by Crippen LogP contribution is 2.25. The summed E-state index contributed by atoms with van der Waals surface area (Å²) in [4.78, 5) is 41.5. The molecule has 2 N–H and O–H groups in total. The maximum atomic E-state index is 14.9. The van der Waals surface area contributed by atoms with Crippen molar-refractivity contribution in [2.24, 2.45) is 0 Å². The number of urea groups is 1. The molecule has 0 atom stereocenters. The van der Waals surface area contributed by atoms with Crippen molar-refractivity contribution in [1.82, 2.24) is 20.7 Å². The van der Waals surface area contributed by atoms with Crippen LogP contribution in [0.1, 0.15) is 15.9 Å². The summed E-state index contributed by atoms with van der Waals surface area (Å²) < 4.78 is 40.1. The van der Waals surface area contributed by atoms with E-state index in [2.05, 4.69) is 20.8 Å². The Hall–Kier alpha value is -3.12. The third-order valence-corrected chi connectivity index (χ3v) is 5.76. The summed E-state index contributed by atoms with van der Waals surface area (Å²) in [6.45, 7) is 2.41. The smallest absolute Gasteiger partial charge is 0.322 e. The second-order valence-corrected chi connectivity index (χ2v) is 8.60. The average Bonchev–Trinajstić information content (AvgIpc) is 2.81. The molecule has 0 aliphatic carbocycles. The molecular formula is C22H23BrF3N5O3. The van der Waals surface area contributed by atoms with E-state index in [0.29, 0.717) is 18.8 Å². The Balaban J connectivity index is 1.80. The summed E-state index contributed by atoms with van der Waals surface area (Å²) in [5.41, 5.74) is 3.88. The number of amides is 4. The number of piperazine rings is 1. The first-order chi connectivity index (χ1) is 16.2. The molecule has 8 nitrogen and oxygen atoms in total. The zero-order valence-electron chi connectivity index (χ0n) is 18.2. The number of carbonyl (C=O) groups excluding carboxylic acids is 3. The number of rotatable bonds is 5. The zero-order chi connectivity index (χ0) is 24.8. The monoisotopic (exact) mass is 541 g/mol. The van der Waals surface area contributed by atoms with Crippen LogP contribution < -0.4 is 15.8 Å². The van der Waals surface area contributed by atoms with E-state index in [1.165, 1.54) is 17.0 Å². The fourth-order valence-corrected chi connectivity index (χ4v) is 3.70. The third-order valence-electron chi connectivity index (χ3n) is 5.27. The number of carbonyl (C=O) groups is 3. The molecule has 3 rings (SSSR count). The molecule has 182 valence electrons. The minimum atomic E-state index is -3.30. The number of hydrazine groups is 1. The van der Waals surface area contributed by atoms with Gasteiger partial charge in [-0.1, -0.05) is 28.1 Å². The lowest BCUT2D eigenvalue weighted by Crippen LogP contribution is -2.52.